The van der Waals surface area contributed by atoms with Gasteiger partial charge in [0.1, 0.15) is 6.54 Å². The van der Waals surface area contributed by atoms with Crippen molar-refractivity contribution in [3.63, 3.8) is 0 Å². The Morgan fingerprint density at radius 1 is 1.29 bits per heavy atom. The van der Waals surface area contributed by atoms with Gasteiger partial charge in [-0.1, -0.05) is 34.1 Å². The fourth-order valence-corrected chi connectivity index (χ4v) is 1.54. The van der Waals surface area contributed by atoms with E-state index in [1.165, 1.54) is 4.90 Å². The first-order valence-electron chi connectivity index (χ1n) is 6.05. The van der Waals surface area contributed by atoms with Crippen molar-refractivity contribution >= 4 is 11.9 Å². The highest BCUT2D eigenvalue weighted by molar-refractivity contribution is 5.85. The number of carboxylic acids is 1. The van der Waals surface area contributed by atoms with E-state index in [4.69, 9.17) is 10.8 Å². The quantitative estimate of drug-likeness (QED) is 0.697. The number of hydrogen-bond acceptors (Lipinski definition) is 3. The van der Waals surface area contributed by atoms with Crippen LogP contribution in [0.15, 0.2) is 0 Å². The fourth-order valence-electron chi connectivity index (χ4n) is 1.54. The lowest BCUT2D eigenvalue weighted by atomic mass is 9.98. The summed E-state index contributed by atoms with van der Waals surface area (Å²) in [4.78, 5) is 24.1. The van der Waals surface area contributed by atoms with Gasteiger partial charge in [-0.15, -0.1) is 0 Å². The van der Waals surface area contributed by atoms with E-state index in [1.54, 1.807) is 0 Å². The van der Waals surface area contributed by atoms with Crippen LogP contribution in [0, 0.1) is 11.8 Å². The summed E-state index contributed by atoms with van der Waals surface area (Å²) in [5.74, 6) is -0.987. The van der Waals surface area contributed by atoms with Gasteiger partial charge in [0.2, 0.25) is 5.91 Å². The maximum Gasteiger partial charge on any atom is 0.323 e. The van der Waals surface area contributed by atoms with Gasteiger partial charge in [0.05, 0.1) is 6.04 Å². The van der Waals surface area contributed by atoms with Crippen molar-refractivity contribution in [3.05, 3.63) is 0 Å². The molecule has 0 aromatic heterocycles. The average molecular weight is 244 g/mol. The van der Waals surface area contributed by atoms with Crippen LogP contribution < -0.4 is 5.73 Å². The van der Waals surface area contributed by atoms with Crippen LogP contribution in [0.4, 0.5) is 0 Å². The second-order valence-electron chi connectivity index (χ2n) is 4.92. The largest absolute Gasteiger partial charge is 0.480 e. The Labute approximate surface area is 103 Å². The SMILES string of the molecule is CCC(C)[C@H](N)C(=O)N(CC(=O)O)CC(C)C. The first-order chi connectivity index (χ1) is 7.79. The third-order valence-corrected chi connectivity index (χ3v) is 2.77. The number of nitrogens with two attached hydrogens (primary N) is 1. The normalized spacial score (nSPS) is 14.5. The second-order valence-corrected chi connectivity index (χ2v) is 4.92. The van der Waals surface area contributed by atoms with E-state index in [-0.39, 0.29) is 24.3 Å². The molecule has 0 rings (SSSR count). The lowest BCUT2D eigenvalue weighted by molar-refractivity contribution is -0.145. The predicted molar refractivity (Wildman–Crippen MR) is 66.5 cm³/mol. The molecular formula is C12H24N2O3. The number of carbonyl (C=O) groups is 2. The summed E-state index contributed by atoms with van der Waals surface area (Å²) in [5.41, 5.74) is 5.84. The standard InChI is InChI=1S/C12H24N2O3/c1-5-9(4)11(13)12(17)14(6-8(2)3)7-10(15)16/h8-9,11H,5-7,13H2,1-4H3,(H,15,16)/t9?,11-/m0/s1. The Kier molecular flexibility index (Phi) is 6.80. The van der Waals surface area contributed by atoms with Crippen molar-refractivity contribution in [1.82, 2.24) is 4.90 Å². The Morgan fingerprint density at radius 3 is 2.18 bits per heavy atom. The van der Waals surface area contributed by atoms with Crippen LogP contribution in [0.5, 0.6) is 0 Å². The molecule has 17 heavy (non-hydrogen) atoms. The summed E-state index contributed by atoms with van der Waals surface area (Å²) in [5, 5.41) is 8.79. The van der Waals surface area contributed by atoms with Crippen molar-refractivity contribution < 1.29 is 14.7 Å². The molecule has 2 atom stereocenters. The molecule has 5 heteroatoms. The molecule has 1 amide bonds. The van der Waals surface area contributed by atoms with Gasteiger partial charge in [0, 0.05) is 6.54 Å². The minimum absolute atomic E-state index is 0.0611. The van der Waals surface area contributed by atoms with Gasteiger partial charge in [0.15, 0.2) is 0 Å². The van der Waals surface area contributed by atoms with Gasteiger partial charge in [-0.05, 0) is 11.8 Å². The number of carbonyl (C=O) groups excluding carboxylic acids is 1. The third-order valence-electron chi connectivity index (χ3n) is 2.77. The molecule has 1 unspecified atom stereocenters. The summed E-state index contributed by atoms with van der Waals surface area (Å²) in [6.45, 7) is 7.89. The minimum atomic E-state index is -1.00. The zero-order valence-corrected chi connectivity index (χ0v) is 11.1. The van der Waals surface area contributed by atoms with Crippen LogP contribution in [0.25, 0.3) is 0 Å². The van der Waals surface area contributed by atoms with E-state index in [1.807, 2.05) is 27.7 Å². The predicted octanol–water partition coefficient (Wildman–Crippen LogP) is 0.929. The number of amides is 1. The maximum absolute atomic E-state index is 12.1. The van der Waals surface area contributed by atoms with E-state index in [0.29, 0.717) is 6.54 Å². The summed E-state index contributed by atoms with van der Waals surface area (Å²) in [6.07, 6.45) is 0.801. The van der Waals surface area contributed by atoms with Crippen LogP contribution in [0.3, 0.4) is 0 Å². The smallest absolute Gasteiger partial charge is 0.323 e. The van der Waals surface area contributed by atoms with Crippen LogP contribution in [0.2, 0.25) is 0 Å². The lowest BCUT2D eigenvalue weighted by Crippen LogP contribution is -2.49. The Bertz CT molecular complexity index is 266. The van der Waals surface area contributed by atoms with Crippen LogP contribution >= 0.6 is 0 Å². The fraction of sp³-hybridized carbons (Fsp3) is 0.833. The van der Waals surface area contributed by atoms with Crippen molar-refractivity contribution in [2.24, 2.45) is 17.6 Å². The van der Waals surface area contributed by atoms with Gasteiger partial charge in [0.25, 0.3) is 0 Å². The van der Waals surface area contributed by atoms with Gasteiger partial charge < -0.3 is 15.7 Å². The molecule has 0 bridgehead atoms. The van der Waals surface area contributed by atoms with E-state index in [9.17, 15) is 9.59 Å². The molecule has 3 N–H and O–H groups in total. The molecule has 5 nitrogen and oxygen atoms in total. The van der Waals surface area contributed by atoms with Crippen molar-refractivity contribution in [2.75, 3.05) is 13.1 Å². The summed E-state index contributed by atoms with van der Waals surface area (Å²) in [6, 6.07) is -0.613. The van der Waals surface area contributed by atoms with Crippen LogP contribution in [-0.4, -0.2) is 41.0 Å². The molecule has 100 valence electrons. The highest BCUT2D eigenvalue weighted by atomic mass is 16.4. The van der Waals surface area contributed by atoms with Gasteiger partial charge in [-0.3, -0.25) is 9.59 Å². The maximum atomic E-state index is 12.1. The molecule has 0 aromatic rings. The van der Waals surface area contributed by atoms with Gasteiger partial charge in [-0.2, -0.15) is 0 Å². The van der Waals surface area contributed by atoms with Gasteiger partial charge in [-0.25, -0.2) is 0 Å². The molecular weight excluding hydrogens is 220 g/mol. The van der Waals surface area contributed by atoms with E-state index in [0.717, 1.165) is 6.42 Å². The van der Waals surface area contributed by atoms with Crippen LogP contribution in [0.1, 0.15) is 34.1 Å². The monoisotopic (exact) mass is 244 g/mol. The first kappa shape index (κ1) is 15.9. The molecule has 0 aliphatic heterocycles. The Hall–Kier alpha value is -1.10. The summed E-state index contributed by atoms with van der Waals surface area (Å²) < 4.78 is 0. The molecule has 0 aliphatic carbocycles. The van der Waals surface area contributed by atoms with Crippen LogP contribution in [-0.2, 0) is 9.59 Å². The Balaban J connectivity index is 4.66. The zero-order valence-electron chi connectivity index (χ0n) is 11.1. The molecule has 0 spiro atoms. The molecule has 0 heterocycles. The molecule has 0 aromatic carbocycles. The summed E-state index contributed by atoms with van der Waals surface area (Å²) >= 11 is 0. The topological polar surface area (TPSA) is 83.6 Å². The number of nitrogens with zero attached hydrogens (tertiary/aromatic N) is 1. The third kappa shape index (κ3) is 5.68. The molecule has 0 saturated carbocycles. The van der Waals surface area contributed by atoms with Crippen molar-refractivity contribution in [1.29, 1.82) is 0 Å². The molecule has 0 radical (unpaired) electrons. The summed E-state index contributed by atoms with van der Waals surface area (Å²) in [7, 11) is 0. The average Bonchev–Trinajstić information content (AvgIpc) is 2.23. The minimum Gasteiger partial charge on any atom is -0.480 e. The molecule has 0 fully saturated rings. The number of carboxylic acid groups (broad SMARTS) is 1. The number of aliphatic carboxylic acids is 1. The van der Waals surface area contributed by atoms with Crippen molar-refractivity contribution in [3.8, 4) is 0 Å². The van der Waals surface area contributed by atoms with Crippen molar-refractivity contribution in [2.45, 2.75) is 40.2 Å². The lowest BCUT2D eigenvalue weighted by Gasteiger charge is -2.28. The highest BCUT2D eigenvalue weighted by Crippen LogP contribution is 2.10. The van der Waals surface area contributed by atoms with Gasteiger partial charge >= 0.3 is 5.97 Å². The molecule has 0 aliphatic rings. The molecule has 0 saturated heterocycles. The highest BCUT2D eigenvalue weighted by Gasteiger charge is 2.26. The zero-order chi connectivity index (χ0) is 13.6. The Morgan fingerprint density at radius 2 is 1.82 bits per heavy atom. The van der Waals surface area contributed by atoms with E-state index >= 15 is 0 Å². The first-order valence-corrected chi connectivity index (χ1v) is 6.05. The second kappa shape index (κ2) is 7.27. The van der Waals surface area contributed by atoms with E-state index < -0.39 is 12.0 Å². The number of rotatable bonds is 7. The number of hydrogen-bond donors (Lipinski definition) is 2. The van der Waals surface area contributed by atoms with E-state index in [2.05, 4.69) is 0 Å².